The van der Waals surface area contributed by atoms with Crippen LogP contribution in [0.3, 0.4) is 0 Å². The Hall–Kier alpha value is -0.119. The number of hydrogen-bond acceptors (Lipinski definition) is 1. The molecule has 0 aromatic rings. The number of unbranched alkanes of at least 4 members (excludes halogenated alkanes) is 8. The van der Waals surface area contributed by atoms with Gasteiger partial charge in [-0.15, -0.1) is 0 Å². The summed E-state index contributed by atoms with van der Waals surface area (Å²) in [6.07, 6.45) is 21.0. The molecule has 2 fully saturated rings. The van der Waals surface area contributed by atoms with E-state index < -0.39 is 8.80 Å². The molecule has 0 aromatic carbocycles. The van der Waals surface area contributed by atoms with Crippen molar-refractivity contribution in [2.75, 3.05) is 0 Å². The minimum absolute atomic E-state index is 0.222. The average Bonchev–Trinajstić information content (AvgIpc) is 3.54. The van der Waals surface area contributed by atoms with Crippen LogP contribution in [0.2, 0.25) is 18.6 Å². The van der Waals surface area contributed by atoms with Crippen molar-refractivity contribution in [3.63, 3.8) is 0 Å². The first kappa shape index (κ1) is 30.4. The molecular weight excluding hydrogens is 490 g/mol. The van der Waals surface area contributed by atoms with E-state index in [2.05, 4.69) is 44.6 Å². The number of amides is 1. The van der Waals surface area contributed by atoms with E-state index in [0.29, 0.717) is 23.3 Å². The number of fused-ring (bicyclic) bond motifs is 2. The van der Waals surface area contributed by atoms with Gasteiger partial charge in [-0.2, -0.15) is 0 Å². The molecule has 0 aliphatic heterocycles. The van der Waals surface area contributed by atoms with Gasteiger partial charge in [-0.1, -0.05) is 13.3 Å². The summed E-state index contributed by atoms with van der Waals surface area (Å²) in [7, 11) is -1.01. The summed E-state index contributed by atoms with van der Waals surface area (Å²) in [5.41, 5.74) is 7.11. The van der Waals surface area contributed by atoms with Gasteiger partial charge >= 0.3 is 225 Å². The quantitative estimate of drug-likeness (QED) is 0.152. The summed E-state index contributed by atoms with van der Waals surface area (Å²) in [6, 6.07) is 0. The van der Waals surface area contributed by atoms with Gasteiger partial charge in [0, 0.05) is 0 Å². The van der Waals surface area contributed by atoms with Crippen LogP contribution in [-0.4, -0.2) is 14.7 Å². The second kappa shape index (κ2) is 14.3. The third-order valence-electron chi connectivity index (χ3n) is 10.3. The summed E-state index contributed by atoms with van der Waals surface area (Å²) >= 11 is 1.91. The van der Waals surface area contributed by atoms with Crippen LogP contribution in [0.5, 0.6) is 0 Å². The van der Waals surface area contributed by atoms with Crippen LogP contribution < -0.4 is 3.80 Å². The zero-order valence-electron chi connectivity index (χ0n) is 24.6. The van der Waals surface area contributed by atoms with Gasteiger partial charge < -0.3 is 0 Å². The molecule has 0 aromatic heterocycles. The molecule has 1 amide bonds. The Morgan fingerprint density at radius 3 is 2.14 bits per heavy atom. The number of carbonyl (C=O) groups is 1. The van der Waals surface area contributed by atoms with E-state index >= 15 is 0 Å². The monoisotopic (exact) mass is 546 g/mol. The molecule has 0 heterocycles. The Kier molecular flexibility index (Phi) is 12.1. The van der Waals surface area contributed by atoms with Gasteiger partial charge in [0.05, 0.1) is 0 Å². The molecule has 2 saturated carbocycles. The number of hydrogen-bond donors (Lipinski definition) is 1. The van der Waals surface area contributed by atoms with Crippen molar-refractivity contribution in [3.8, 4) is 0 Å². The van der Waals surface area contributed by atoms with Crippen LogP contribution in [0.4, 0.5) is 0 Å². The van der Waals surface area contributed by atoms with Crippen LogP contribution in [0.1, 0.15) is 130 Å². The Morgan fingerprint density at radius 2 is 1.53 bits per heavy atom. The molecule has 36 heavy (non-hydrogen) atoms. The first-order valence-electron chi connectivity index (χ1n) is 15.8. The van der Waals surface area contributed by atoms with Crippen molar-refractivity contribution in [1.82, 2.24) is 3.80 Å². The Labute approximate surface area is 237 Å². The summed E-state index contributed by atoms with van der Waals surface area (Å²) in [5, 5.41) is 0. The molecule has 203 valence electrons. The van der Waals surface area contributed by atoms with Crippen molar-refractivity contribution >= 4 is 14.7 Å². The van der Waals surface area contributed by atoms with E-state index in [1.54, 1.807) is 22.3 Å². The Morgan fingerprint density at radius 1 is 0.917 bits per heavy atom. The first-order chi connectivity index (χ1) is 17.4. The van der Waals surface area contributed by atoms with E-state index in [1.807, 2.05) is 20.7 Å². The topological polar surface area (TPSA) is 29.1 Å². The van der Waals surface area contributed by atoms with Gasteiger partial charge in [0.25, 0.3) is 0 Å². The second-order valence-corrected chi connectivity index (χ2v) is 16.3. The maximum atomic E-state index is 14.2. The second-order valence-electron chi connectivity index (χ2n) is 12.7. The standard InChI is InChI=1S/C32H57NOSi.Ti/c1-7-10-12-14-15-17-18-27-23(4)29(26(9-3)28(27)19-16-13-11-8-2)32(31(33)34)25-21-20-24(22-25)30(32)35(5)6;/h23-25,30,35H,7-22H2,1-6H3,(H2,33,34);/q;+1/p-1. The van der Waals surface area contributed by atoms with Gasteiger partial charge in [-0.3, -0.25) is 0 Å². The van der Waals surface area contributed by atoms with Gasteiger partial charge in [-0.05, 0) is 0 Å². The predicted molar refractivity (Wildman–Crippen MR) is 154 cm³/mol. The van der Waals surface area contributed by atoms with Crippen molar-refractivity contribution in [2.45, 2.75) is 149 Å². The molecule has 2 nitrogen and oxygen atoms in total. The molecule has 3 aliphatic rings. The molecule has 1 N–H and O–H groups in total. The summed E-state index contributed by atoms with van der Waals surface area (Å²) in [4.78, 5) is 14.2. The fourth-order valence-corrected chi connectivity index (χ4v) is 12.4. The third-order valence-corrected chi connectivity index (χ3v) is 13.1. The fourth-order valence-electron chi connectivity index (χ4n) is 9.00. The van der Waals surface area contributed by atoms with Crippen molar-refractivity contribution < 1.29 is 25.5 Å². The van der Waals surface area contributed by atoms with Gasteiger partial charge in [0.1, 0.15) is 0 Å². The number of carbonyl (C=O) groups excluding carboxylic acids is 1. The van der Waals surface area contributed by atoms with E-state index in [0.717, 1.165) is 12.3 Å². The van der Waals surface area contributed by atoms with Crippen molar-refractivity contribution in [1.29, 1.82) is 0 Å². The molecule has 3 aliphatic carbocycles. The van der Waals surface area contributed by atoms with Crippen molar-refractivity contribution in [2.24, 2.45) is 23.2 Å². The van der Waals surface area contributed by atoms with Gasteiger partial charge in [-0.25, -0.2) is 0 Å². The van der Waals surface area contributed by atoms with E-state index in [4.69, 9.17) is 0 Å². The minimum atomic E-state index is -1.01. The molecule has 0 radical (unpaired) electrons. The van der Waals surface area contributed by atoms with Gasteiger partial charge in [0.2, 0.25) is 0 Å². The van der Waals surface area contributed by atoms with Crippen LogP contribution in [0, 0.1) is 23.2 Å². The predicted octanol–water partition coefficient (Wildman–Crippen LogP) is 9.21. The normalized spacial score (nSPS) is 29.7. The molecule has 5 atom stereocenters. The molecule has 0 saturated heterocycles. The fraction of sp³-hybridized carbons (Fsp3) is 0.844. The van der Waals surface area contributed by atoms with Crippen LogP contribution in [0.25, 0.3) is 0 Å². The molecule has 4 heteroatoms. The maximum absolute atomic E-state index is 14.2. The van der Waals surface area contributed by atoms with E-state index in [-0.39, 0.29) is 5.41 Å². The first-order valence-corrected chi connectivity index (χ1v) is 19.6. The molecule has 0 spiro atoms. The zero-order valence-corrected chi connectivity index (χ0v) is 27.3. The SMILES string of the molecule is CCCCCCCCC1=C(CCCCCC)C(CC)=C(C2(C(=O)[NH][Ti])C3CCC(C3)C2[SiH](C)C)C1C. The third kappa shape index (κ3) is 5.89. The number of nitrogens with one attached hydrogen (secondary N) is 1. The summed E-state index contributed by atoms with van der Waals surface area (Å²) in [6.45, 7) is 14.6. The number of rotatable bonds is 16. The van der Waals surface area contributed by atoms with Crippen LogP contribution >= 0.6 is 0 Å². The van der Waals surface area contributed by atoms with Crippen LogP contribution in [0.15, 0.2) is 22.3 Å². The average molecular weight is 547 g/mol. The van der Waals surface area contributed by atoms with Gasteiger partial charge in [0.15, 0.2) is 0 Å². The summed E-state index contributed by atoms with van der Waals surface area (Å²) in [5.74, 6) is 2.19. The van der Waals surface area contributed by atoms with E-state index in [1.165, 1.54) is 96.3 Å². The van der Waals surface area contributed by atoms with Crippen molar-refractivity contribution in [3.05, 3.63) is 22.3 Å². The Balaban J connectivity index is 1.99. The Bertz CT molecular complexity index is 802. The molecular formula is C32H56NOSiTi. The molecule has 5 unspecified atom stereocenters. The van der Waals surface area contributed by atoms with E-state index in [9.17, 15) is 4.79 Å². The number of allylic oxidation sites excluding steroid dienone is 3. The summed E-state index contributed by atoms with van der Waals surface area (Å²) < 4.78 is 3.25. The molecule has 2 bridgehead atoms. The zero-order chi connectivity index (χ0) is 26.3. The van der Waals surface area contributed by atoms with Crippen LogP contribution in [-0.2, 0) is 25.5 Å². The molecule has 3 rings (SSSR count).